The lowest BCUT2D eigenvalue weighted by molar-refractivity contribution is 0.340. The van der Waals surface area contributed by atoms with E-state index >= 15 is 0 Å². The minimum absolute atomic E-state index is 0.565. The van der Waals surface area contributed by atoms with Gasteiger partial charge in [-0.05, 0) is 67.0 Å². The first-order chi connectivity index (χ1) is 12.7. The molecule has 0 aliphatic heterocycles. The second-order valence-corrected chi connectivity index (χ2v) is 6.26. The highest BCUT2D eigenvalue weighted by Crippen LogP contribution is 2.20. The van der Waals surface area contributed by atoms with Gasteiger partial charge in [-0.1, -0.05) is 48.5 Å². The van der Waals surface area contributed by atoms with Crippen LogP contribution in [-0.4, -0.2) is 11.7 Å². The highest BCUT2D eigenvalue weighted by atomic mass is 32.1. The zero-order chi connectivity index (χ0) is 18.2. The molecule has 3 aromatic carbocycles. The number of ether oxygens (including phenoxy) is 1. The molecule has 0 bridgehead atoms. The quantitative estimate of drug-likeness (QED) is 0.569. The lowest BCUT2D eigenvalue weighted by Crippen LogP contribution is -2.20. The van der Waals surface area contributed by atoms with Crippen molar-refractivity contribution in [1.29, 1.82) is 0 Å². The number of benzene rings is 3. The Hall–Kier alpha value is -2.85. The van der Waals surface area contributed by atoms with E-state index in [0.717, 1.165) is 23.5 Å². The summed E-state index contributed by atoms with van der Waals surface area (Å²) < 4.78 is 5.46. The van der Waals surface area contributed by atoms with Crippen molar-refractivity contribution in [2.24, 2.45) is 0 Å². The van der Waals surface area contributed by atoms with E-state index < -0.39 is 0 Å². The molecule has 0 aliphatic rings. The monoisotopic (exact) mass is 362 g/mol. The summed E-state index contributed by atoms with van der Waals surface area (Å²) in [6, 6.07) is 26.4. The zero-order valence-electron chi connectivity index (χ0n) is 14.7. The number of para-hydroxylation sites is 1. The molecule has 26 heavy (non-hydrogen) atoms. The predicted octanol–water partition coefficient (Wildman–Crippen LogP) is 5.49. The van der Waals surface area contributed by atoms with E-state index in [1.165, 1.54) is 11.1 Å². The van der Waals surface area contributed by atoms with Crippen molar-refractivity contribution in [2.45, 2.75) is 13.3 Å². The molecule has 0 heterocycles. The van der Waals surface area contributed by atoms with E-state index in [1.54, 1.807) is 0 Å². The van der Waals surface area contributed by atoms with Crippen LogP contribution < -0.4 is 15.4 Å². The van der Waals surface area contributed by atoms with Crippen molar-refractivity contribution in [3.05, 3.63) is 90.0 Å². The van der Waals surface area contributed by atoms with Gasteiger partial charge >= 0.3 is 0 Å². The van der Waals surface area contributed by atoms with Crippen LogP contribution >= 0.6 is 12.2 Å². The second kappa shape index (κ2) is 9.02. The van der Waals surface area contributed by atoms with Crippen LogP contribution in [0.1, 0.15) is 18.1 Å². The van der Waals surface area contributed by atoms with Crippen molar-refractivity contribution < 1.29 is 4.74 Å². The highest BCUT2D eigenvalue weighted by Gasteiger charge is 2.05. The second-order valence-electron chi connectivity index (χ2n) is 5.86. The molecule has 0 saturated heterocycles. The van der Waals surface area contributed by atoms with Gasteiger partial charge in [0.1, 0.15) is 5.75 Å². The molecule has 0 atom stereocenters. The third-order valence-corrected chi connectivity index (χ3v) is 4.13. The van der Waals surface area contributed by atoms with E-state index in [1.807, 2.05) is 55.5 Å². The highest BCUT2D eigenvalue weighted by molar-refractivity contribution is 7.80. The number of thiocarbonyl (C=S) groups is 1. The summed E-state index contributed by atoms with van der Waals surface area (Å²) in [7, 11) is 0. The summed E-state index contributed by atoms with van der Waals surface area (Å²) in [5.74, 6) is 0.852. The standard InChI is InChI=1S/C22H22N2OS/c1-2-25-20-14-12-19(13-15-20)23-22(26)24-21-11-7-6-10-18(21)16-17-8-4-3-5-9-17/h3-15H,2,16H2,1H3,(H2,23,24,26). The molecule has 2 N–H and O–H groups in total. The third kappa shape index (κ3) is 5.07. The Morgan fingerprint density at radius 3 is 2.27 bits per heavy atom. The maximum atomic E-state index is 5.47. The first kappa shape index (κ1) is 18.0. The zero-order valence-corrected chi connectivity index (χ0v) is 15.6. The Bertz CT molecular complexity index is 848. The maximum Gasteiger partial charge on any atom is 0.175 e. The van der Waals surface area contributed by atoms with Crippen LogP contribution in [0.15, 0.2) is 78.9 Å². The smallest absolute Gasteiger partial charge is 0.175 e. The summed E-state index contributed by atoms with van der Waals surface area (Å²) in [6.45, 7) is 2.63. The minimum atomic E-state index is 0.565. The van der Waals surface area contributed by atoms with Gasteiger partial charge in [0.25, 0.3) is 0 Å². The molecule has 3 nitrogen and oxygen atoms in total. The molecular formula is C22H22N2OS. The Kier molecular flexibility index (Phi) is 6.23. The average molecular weight is 362 g/mol. The summed E-state index contributed by atoms with van der Waals surface area (Å²) in [5.41, 5.74) is 4.41. The van der Waals surface area contributed by atoms with Crippen LogP contribution in [0.5, 0.6) is 5.75 Å². The maximum absolute atomic E-state index is 5.47. The van der Waals surface area contributed by atoms with Gasteiger partial charge in [-0.25, -0.2) is 0 Å². The van der Waals surface area contributed by atoms with Gasteiger partial charge in [0, 0.05) is 11.4 Å². The fraction of sp³-hybridized carbons (Fsp3) is 0.136. The number of anilines is 2. The van der Waals surface area contributed by atoms with Gasteiger partial charge in [-0.15, -0.1) is 0 Å². The number of rotatable bonds is 6. The Morgan fingerprint density at radius 2 is 1.54 bits per heavy atom. The van der Waals surface area contributed by atoms with E-state index in [2.05, 4.69) is 41.0 Å². The molecule has 0 radical (unpaired) electrons. The van der Waals surface area contributed by atoms with E-state index in [0.29, 0.717) is 11.7 Å². The molecule has 0 amide bonds. The molecule has 0 fully saturated rings. The normalized spacial score (nSPS) is 10.2. The minimum Gasteiger partial charge on any atom is -0.494 e. The van der Waals surface area contributed by atoms with Gasteiger partial charge in [0.2, 0.25) is 0 Å². The van der Waals surface area contributed by atoms with Crippen molar-refractivity contribution in [3.8, 4) is 5.75 Å². The van der Waals surface area contributed by atoms with Gasteiger partial charge in [-0.2, -0.15) is 0 Å². The number of hydrogen-bond acceptors (Lipinski definition) is 2. The molecular weight excluding hydrogens is 340 g/mol. The summed E-state index contributed by atoms with van der Waals surface area (Å²) in [6.07, 6.45) is 0.857. The number of hydrogen-bond donors (Lipinski definition) is 2. The van der Waals surface area contributed by atoms with E-state index in [9.17, 15) is 0 Å². The molecule has 0 unspecified atom stereocenters. The molecule has 0 saturated carbocycles. The summed E-state index contributed by atoms with van der Waals surface area (Å²) in [4.78, 5) is 0. The first-order valence-corrected chi connectivity index (χ1v) is 9.08. The van der Waals surface area contributed by atoms with Gasteiger partial charge in [0.05, 0.1) is 6.61 Å². The summed E-state index contributed by atoms with van der Waals surface area (Å²) >= 11 is 5.47. The third-order valence-electron chi connectivity index (χ3n) is 3.93. The Labute approximate surface area is 160 Å². The average Bonchev–Trinajstić information content (AvgIpc) is 2.66. The van der Waals surface area contributed by atoms with Crippen molar-refractivity contribution >= 4 is 28.7 Å². The molecule has 4 heteroatoms. The fourth-order valence-electron chi connectivity index (χ4n) is 2.70. The molecule has 0 aromatic heterocycles. The van der Waals surface area contributed by atoms with Gasteiger partial charge in [0.15, 0.2) is 5.11 Å². The van der Waals surface area contributed by atoms with Crippen molar-refractivity contribution in [2.75, 3.05) is 17.2 Å². The molecule has 0 aliphatic carbocycles. The number of nitrogens with one attached hydrogen (secondary N) is 2. The van der Waals surface area contributed by atoms with Crippen LogP contribution in [0.25, 0.3) is 0 Å². The topological polar surface area (TPSA) is 33.3 Å². The predicted molar refractivity (Wildman–Crippen MR) is 113 cm³/mol. The van der Waals surface area contributed by atoms with E-state index in [-0.39, 0.29) is 0 Å². The first-order valence-electron chi connectivity index (χ1n) is 8.67. The fourth-order valence-corrected chi connectivity index (χ4v) is 2.93. The van der Waals surface area contributed by atoms with Crippen LogP contribution in [0, 0.1) is 0 Å². The van der Waals surface area contributed by atoms with Gasteiger partial charge in [-0.3, -0.25) is 0 Å². The Balaban J connectivity index is 1.65. The molecule has 132 valence electrons. The lowest BCUT2D eigenvalue weighted by atomic mass is 10.0. The summed E-state index contributed by atoms with van der Waals surface area (Å²) in [5, 5.41) is 7.09. The van der Waals surface area contributed by atoms with Crippen LogP contribution in [-0.2, 0) is 6.42 Å². The van der Waals surface area contributed by atoms with Crippen LogP contribution in [0.2, 0.25) is 0 Å². The van der Waals surface area contributed by atoms with Crippen molar-refractivity contribution in [1.82, 2.24) is 0 Å². The molecule has 3 rings (SSSR count). The SMILES string of the molecule is CCOc1ccc(NC(=S)Nc2ccccc2Cc2ccccc2)cc1. The van der Waals surface area contributed by atoms with Gasteiger partial charge < -0.3 is 15.4 Å². The molecule has 0 spiro atoms. The lowest BCUT2D eigenvalue weighted by Gasteiger charge is -2.14. The Morgan fingerprint density at radius 1 is 0.846 bits per heavy atom. The van der Waals surface area contributed by atoms with Crippen LogP contribution in [0.3, 0.4) is 0 Å². The van der Waals surface area contributed by atoms with E-state index in [4.69, 9.17) is 17.0 Å². The largest absolute Gasteiger partial charge is 0.494 e. The van der Waals surface area contributed by atoms with Crippen LogP contribution in [0.4, 0.5) is 11.4 Å². The molecule has 3 aromatic rings. The van der Waals surface area contributed by atoms with Crippen molar-refractivity contribution in [3.63, 3.8) is 0 Å².